The van der Waals surface area contributed by atoms with E-state index in [0.29, 0.717) is 30.4 Å². The Kier molecular flexibility index (Phi) is 5.83. The summed E-state index contributed by atoms with van der Waals surface area (Å²) in [5, 5.41) is 2.75. The lowest BCUT2D eigenvalue weighted by Crippen LogP contribution is -2.41. The van der Waals surface area contributed by atoms with Gasteiger partial charge in [0.25, 0.3) is 0 Å². The van der Waals surface area contributed by atoms with Gasteiger partial charge in [-0.25, -0.2) is 8.42 Å². The average molecular weight is 345 g/mol. The van der Waals surface area contributed by atoms with Gasteiger partial charge in [0.2, 0.25) is 15.9 Å². The van der Waals surface area contributed by atoms with Crippen LogP contribution in [0.25, 0.3) is 0 Å². The molecule has 1 aromatic rings. The third-order valence-electron chi connectivity index (χ3n) is 3.94. The summed E-state index contributed by atoms with van der Waals surface area (Å²) in [5.74, 6) is 0.0775. The van der Waals surface area contributed by atoms with Gasteiger partial charge in [-0.05, 0) is 37.8 Å². The minimum absolute atomic E-state index is 0.0410. The molecule has 0 bridgehead atoms. The molecule has 0 spiro atoms. The van der Waals surface area contributed by atoms with Crippen LogP contribution in [0.2, 0.25) is 0 Å². The zero-order valence-corrected chi connectivity index (χ0v) is 14.2. The number of hydrogen-bond acceptors (Lipinski definition) is 3. The smallest absolute Gasteiger partial charge is 0.243 e. The first-order chi connectivity index (χ1) is 10.4. The molecule has 0 atom stereocenters. The number of aryl methyl sites for hydroxylation is 1. The number of amides is 1. The highest BCUT2D eigenvalue weighted by atomic mass is 35.5. The Hall–Kier alpha value is -1.11. The lowest BCUT2D eigenvalue weighted by atomic mass is 9.98. The van der Waals surface area contributed by atoms with Crippen molar-refractivity contribution in [1.82, 2.24) is 9.62 Å². The number of hydrogen-bond donors (Lipinski definition) is 1. The highest BCUT2D eigenvalue weighted by Gasteiger charge is 2.29. The van der Waals surface area contributed by atoms with Crippen molar-refractivity contribution in [3.8, 4) is 0 Å². The fraction of sp³-hybridized carbons (Fsp3) is 0.533. The minimum Gasteiger partial charge on any atom is -0.355 e. The number of sulfonamides is 1. The van der Waals surface area contributed by atoms with Crippen molar-refractivity contribution >= 4 is 27.5 Å². The van der Waals surface area contributed by atoms with Crippen LogP contribution < -0.4 is 5.32 Å². The van der Waals surface area contributed by atoms with E-state index in [1.165, 1.54) is 4.31 Å². The fourth-order valence-corrected chi connectivity index (χ4v) is 4.08. The SMILES string of the molecule is Cc1ccc(S(=O)(=O)N2CCC(CNC(=O)CCl)CC2)cc1. The van der Waals surface area contributed by atoms with Gasteiger partial charge in [0.1, 0.15) is 5.88 Å². The second-order valence-corrected chi connectivity index (χ2v) is 7.80. The van der Waals surface area contributed by atoms with Gasteiger partial charge in [-0.15, -0.1) is 11.6 Å². The lowest BCUT2D eigenvalue weighted by Gasteiger charge is -2.31. The summed E-state index contributed by atoms with van der Waals surface area (Å²) in [6.07, 6.45) is 1.49. The molecule has 0 aromatic heterocycles. The van der Waals surface area contributed by atoms with Crippen LogP contribution in [0.15, 0.2) is 29.2 Å². The molecule has 1 fully saturated rings. The van der Waals surface area contributed by atoms with Crippen molar-refractivity contribution in [2.45, 2.75) is 24.7 Å². The van der Waals surface area contributed by atoms with E-state index in [9.17, 15) is 13.2 Å². The molecule has 122 valence electrons. The largest absolute Gasteiger partial charge is 0.355 e. The van der Waals surface area contributed by atoms with Gasteiger partial charge >= 0.3 is 0 Å². The molecule has 7 heteroatoms. The summed E-state index contributed by atoms with van der Waals surface area (Å²) in [5.41, 5.74) is 1.03. The number of nitrogens with zero attached hydrogens (tertiary/aromatic N) is 1. The van der Waals surface area contributed by atoms with E-state index >= 15 is 0 Å². The molecule has 1 amide bonds. The van der Waals surface area contributed by atoms with E-state index in [0.717, 1.165) is 18.4 Å². The molecule has 1 aliphatic rings. The predicted molar refractivity (Wildman–Crippen MR) is 86.4 cm³/mol. The van der Waals surface area contributed by atoms with Crippen molar-refractivity contribution in [2.24, 2.45) is 5.92 Å². The van der Waals surface area contributed by atoms with Gasteiger partial charge < -0.3 is 5.32 Å². The first kappa shape index (κ1) is 17.2. The molecule has 0 saturated carbocycles. The van der Waals surface area contributed by atoms with E-state index in [-0.39, 0.29) is 11.8 Å². The molecular weight excluding hydrogens is 324 g/mol. The van der Waals surface area contributed by atoms with Gasteiger partial charge in [-0.2, -0.15) is 4.31 Å². The maximum absolute atomic E-state index is 12.6. The fourth-order valence-electron chi connectivity index (χ4n) is 2.52. The number of rotatable bonds is 5. The number of carbonyl (C=O) groups excluding carboxylic acids is 1. The van der Waals surface area contributed by atoms with E-state index < -0.39 is 10.0 Å². The van der Waals surface area contributed by atoms with E-state index in [4.69, 9.17) is 11.6 Å². The van der Waals surface area contributed by atoms with Gasteiger partial charge in [-0.3, -0.25) is 4.79 Å². The number of alkyl halides is 1. The number of nitrogens with one attached hydrogen (secondary N) is 1. The van der Waals surface area contributed by atoms with E-state index in [2.05, 4.69) is 5.32 Å². The maximum Gasteiger partial charge on any atom is 0.243 e. The highest BCUT2D eigenvalue weighted by molar-refractivity contribution is 7.89. The Morgan fingerprint density at radius 1 is 1.27 bits per heavy atom. The molecule has 22 heavy (non-hydrogen) atoms. The standard InChI is InChI=1S/C15H21ClN2O3S/c1-12-2-4-14(5-3-12)22(20,21)18-8-6-13(7-9-18)11-17-15(19)10-16/h2-5,13H,6-11H2,1H3,(H,17,19). The Balaban J connectivity index is 1.93. The van der Waals surface area contributed by atoms with Crippen molar-refractivity contribution in [3.63, 3.8) is 0 Å². The molecule has 2 rings (SSSR count). The van der Waals surface area contributed by atoms with Crippen LogP contribution in [0.3, 0.4) is 0 Å². The molecular formula is C15H21ClN2O3S. The zero-order valence-electron chi connectivity index (χ0n) is 12.6. The molecule has 1 aliphatic heterocycles. The highest BCUT2D eigenvalue weighted by Crippen LogP contribution is 2.23. The third-order valence-corrected chi connectivity index (χ3v) is 6.10. The molecule has 0 aliphatic carbocycles. The molecule has 1 N–H and O–H groups in total. The van der Waals surface area contributed by atoms with Crippen LogP contribution in [0.4, 0.5) is 0 Å². The molecule has 5 nitrogen and oxygen atoms in total. The number of carbonyl (C=O) groups is 1. The summed E-state index contributed by atoms with van der Waals surface area (Å²) in [6.45, 7) is 3.45. The molecule has 1 saturated heterocycles. The second kappa shape index (κ2) is 7.44. The normalized spacial score (nSPS) is 17.4. The zero-order chi connectivity index (χ0) is 16.2. The molecule has 0 unspecified atom stereocenters. The summed E-state index contributed by atoms with van der Waals surface area (Å²) >= 11 is 5.43. The van der Waals surface area contributed by atoms with Gasteiger partial charge in [0.15, 0.2) is 0 Å². The monoisotopic (exact) mass is 344 g/mol. The second-order valence-electron chi connectivity index (χ2n) is 5.60. The quantitative estimate of drug-likeness (QED) is 0.827. The van der Waals surface area contributed by atoms with E-state index in [1.54, 1.807) is 24.3 Å². The molecule has 1 heterocycles. The van der Waals surface area contributed by atoms with Crippen molar-refractivity contribution < 1.29 is 13.2 Å². The topological polar surface area (TPSA) is 66.5 Å². The Morgan fingerprint density at radius 3 is 2.41 bits per heavy atom. The van der Waals surface area contributed by atoms with Crippen LogP contribution in [0.1, 0.15) is 18.4 Å². The van der Waals surface area contributed by atoms with Crippen molar-refractivity contribution in [3.05, 3.63) is 29.8 Å². The van der Waals surface area contributed by atoms with Gasteiger partial charge in [0.05, 0.1) is 4.90 Å². The van der Waals surface area contributed by atoms with Crippen LogP contribution in [-0.2, 0) is 14.8 Å². The van der Waals surface area contributed by atoms with Crippen LogP contribution in [-0.4, -0.2) is 44.1 Å². The Labute approximate surface area is 136 Å². The van der Waals surface area contributed by atoms with Gasteiger partial charge in [-0.1, -0.05) is 17.7 Å². The van der Waals surface area contributed by atoms with Crippen molar-refractivity contribution in [2.75, 3.05) is 25.5 Å². The maximum atomic E-state index is 12.6. The average Bonchev–Trinajstić information content (AvgIpc) is 2.53. The molecule has 0 radical (unpaired) electrons. The van der Waals surface area contributed by atoms with E-state index in [1.807, 2.05) is 6.92 Å². The van der Waals surface area contributed by atoms with Crippen molar-refractivity contribution in [1.29, 1.82) is 0 Å². The van der Waals surface area contributed by atoms with Crippen LogP contribution in [0.5, 0.6) is 0 Å². The predicted octanol–water partition coefficient (Wildman–Crippen LogP) is 1.75. The lowest BCUT2D eigenvalue weighted by molar-refractivity contribution is -0.118. The first-order valence-corrected chi connectivity index (χ1v) is 9.30. The van der Waals surface area contributed by atoms with Crippen LogP contribution >= 0.6 is 11.6 Å². The molecule has 1 aromatic carbocycles. The Bertz CT molecular complexity index is 608. The summed E-state index contributed by atoms with van der Waals surface area (Å²) in [4.78, 5) is 11.5. The minimum atomic E-state index is -3.41. The first-order valence-electron chi connectivity index (χ1n) is 7.33. The summed E-state index contributed by atoms with van der Waals surface area (Å²) in [7, 11) is -3.41. The number of halogens is 1. The van der Waals surface area contributed by atoms with Gasteiger partial charge in [0, 0.05) is 19.6 Å². The summed E-state index contributed by atoms with van der Waals surface area (Å²) in [6, 6.07) is 6.91. The summed E-state index contributed by atoms with van der Waals surface area (Å²) < 4.78 is 26.6. The number of benzene rings is 1. The third kappa shape index (κ3) is 4.21. The van der Waals surface area contributed by atoms with Crippen LogP contribution in [0, 0.1) is 12.8 Å². The Morgan fingerprint density at radius 2 is 1.86 bits per heavy atom. The number of piperidine rings is 1.